The predicted molar refractivity (Wildman–Crippen MR) is 29.9 cm³/mol. The van der Waals surface area contributed by atoms with Crippen LogP contribution in [0.15, 0.2) is 11.1 Å². The van der Waals surface area contributed by atoms with Crippen molar-refractivity contribution >= 4 is 15.9 Å². The SMILES string of the molecule is COC/C=C/Br. The molecule has 2 heteroatoms. The summed E-state index contributed by atoms with van der Waals surface area (Å²) in [5.41, 5.74) is 0. The third kappa shape index (κ3) is 4.18. The number of rotatable bonds is 2. The van der Waals surface area contributed by atoms with Gasteiger partial charge < -0.3 is 4.74 Å². The molecule has 0 aliphatic rings. The highest BCUT2D eigenvalue weighted by Crippen LogP contribution is 1.80. The molecule has 0 spiro atoms. The summed E-state index contributed by atoms with van der Waals surface area (Å²) in [5, 5.41) is 0. The summed E-state index contributed by atoms with van der Waals surface area (Å²) in [6.07, 6.45) is 1.88. The van der Waals surface area contributed by atoms with Gasteiger partial charge >= 0.3 is 0 Å². The van der Waals surface area contributed by atoms with Gasteiger partial charge in [-0.25, -0.2) is 0 Å². The van der Waals surface area contributed by atoms with Crippen LogP contribution in [0.2, 0.25) is 0 Å². The van der Waals surface area contributed by atoms with E-state index in [1.54, 1.807) is 12.1 Å². The highest BCUT2D eigenvalue weighted by atomic mass is 79.9. The highest BCUT2D eigenvalue weighted by molar-refractivity contribution is 9.11. The van der Waals surface area contributed by atoms with E-state index in [-0.39, 0.29) is 0 Å². The minimum Gasteiger partial charge on any atom is -0.381 e. The van der Waals surface area contributed by atoms with Gasteiger partial charge in [-0.15, -0.1) is 0 Å². The molecule has 0 aromatic rings. The minimum atomic E-state index is 0.686. The quantitative estimate of drug-likeness (QED) is 0.581. The minimum absolute atomic E-state index is 0.686. The van der Waals surface area contributed by atoms with Crippen molar-refractivity contribution in [2.45, 2.75) is 0 Å². The second-order valence-corrected chi connectivity index (χ2v) is 1.35. The first-order valence-electron chi connectivity index (χ1n) is 1.66. The second kappa shape index (κ2) is 5.18. The molecule has 0 heterocycles. The molecule has 6 heavy (non-hydrogen) atoms. The lowest BCUT2D eigenvalue weighted by molar-refractivity contribution is 0.234. The zero-order valence-corrected chi connectivity index (χ0v) is 5.23. The maximum atomic E-state index is 4.67. The molecule has 1 nitrogen and oxygen atoms in total. The lowest BCUT2D eigenvalue weighted by Crippen LogP contribution is -1.77. The van der Waals surface area contributed by atoms with Gasteiger partial charge in [-0.05, 0) is 4.99 Å². The molecule has 0 aromatic carbocycles. The Morgan fingerprint density at radius 3 is 2.67 bits per heavy atom. The first-order valence-corrected chi connectivity index (χ1v) is 2.57. The summed E-state index contributed by atoms with van der Waals surface area (Å²) in [4.78, 5) is 1.77. The molecular formula is C4H7BrO. The van der Waals surface area contributed by atoms with Crippen LogP contribution < -0.4 is 0 Å². The van der Waals surface area contributed by atoms with Crippen LogP contribution in [0.5, 0.6) is 0 Å². The molecule has 0 bridgehead atoms. The molecule has 0 aliphatic heterocycles. The van der Waals surface area contributed by atoms with Gasteiger partial charge in [-0.3, -0.25) is 0 Å². The standard InChI is InChI=1S/C4H7BrO/c1-6-4-2-3-5/h2-3H,4H2,1H3/b3-2+. The number of hydrogen-bond donors (Lipinski definition) is 0. The van der Waals surface area contributed by atoms with Crippen molar-refractivity contribution in [3.8, 4) is 0 Å². The first kappa shape index (κ1) is 6.18. The largest absolute Gasteiger partial charge is 0.381 e. The van der Waals surface area contributed by atoms with Gasteiger partial charge in [-0.2, -0.15) is 0 Å². The van der Waals surface area contributed by atoms with E-state index in [2.05, 4.69) is 20.7 Å². The maximum absolute atomic E-state index is 4.67. The molecule has 0 saturated carbocycles. The van der Waals surface area contributed by atoms with Gasteiger partial charge in [0.15, 0.2) is 0 Å². The maximum Gasteiger partial charge on any atom is 0.0651 e. The van der Waals surface area contributed by atoms with Crippen molar-refractivity contribution in [2.75, 3.05) is 13.7 Å². The zero-order valence-electron chi connectivity index (χ0n) is 3.65. The molecule has 0 atom stereocenters. The van der Waals surface area contributed by atoms with E-state index in [1.807, 2.05) is 6.08 Å². The lowest BCUT2D eigenvalue weighted by atomic mass is 10.7. The third-order valence-corrected chi connectivity index (χ3v) is 0.726. The number of ether oxygens (including phenoxy) is 1. The fourth-order valence-electron chi connectivity index (χ4n) is 0.133. The van der Waals surface area contributed by atoms with Crippen LogP contribution in [0.1, 0.15) is 0 Å². The second-order valence-electron chi connectivity index (χ2n) is 0.817. The average Bonchev–Trinajstić information content (AvgIpc) is 1.61. The Kier molecular flexibility index (Phi) is 5.34. The topological polar surface area (TPSA) is 9.23 Å². The lowest BCUT2D eigenvalue weighted by Gasteiger charge is -1.81. The molecule has 0 aromatic heterocycles. The predicted octanol–water partition coefficient (Wildman–Crippen LogP) is 1.54. The molecule has 0 unspecified atom stereocenters. The third-order valence-electron chi connectivity index (χ3n) is 0.352. The van der Waals surface area contributed by atoms with Crippen LogP contribution in [0.4, 0.5) is 0 Å². The highest BCUT2D eigenvalue weighted by Gasteiger charge is 1.63. The van der Waals surface area contributed by atoms with Crippen molar-refractivity contribution in [1.82, 2.24) is 0 Å². The fourth-order valence-corrected chi connectivity index (χ4v) is 0.285. The Bertz CT molecular complexity index is 42.8. The summed E-state index contributed by atoms with van der Waals surface area (Å²) in [5.74, 6) is 0. The first-order chi connectivity index (χ1) is 2.91. The number of halogens is 1. The van der Waals surface area contributed by atoms with Crippen LogP contribution in [-0.4, -0.2) is 13.7 Å². The van der Waals surface area contributed by atoms with Crippen LogP contribution in [-0.2, 0) is 4.74 Å². The van der Waals surface area contributed by atoms with E-state index >= 15 is 0 Å². The Morgan fingerprint density at radius 1 is 1.83 bits per heavy atom. The van der Waals surface area contributed by atoms with Crippen molar-refractivity contribution in [2.24, 2.45) is 0 Å². The molecular weight excluding hydrogens is 144 g/mol. The van der Waals surface area contributed by atoms with Gasteiger partial charge in [0, 0.05) is 7.11 Å². The van der Waals surface area contributed by atoms with Crippen molar-refractivity contribution < 1.29 is 4.74 Å². The van der Waals surface area contributed by atoms with E-state index in [9.17, 15) is 0 Å². The molecule has 0 rings (SSSR count). The summed E-state index contributed by atoms with van der Waals surface area (Å²) in [6.45, 7) is 0.686. The van der Waals surface area contributed by atoms with Crippen molar-refractivity contribution in [1.29, 1.82) is 0 Å². The Hall–Kier alpha value is 0.180. The van der Waals surface area contributed by atoms with Crippen LogP contribution >= 0.6 is 15.9 Å². The van der Waals surface area contributed by atoms with Crippen molar-refractivity contribution in [3.63, 3.8) is 0 Å². The van der Waals surface area contributed by atoms with E-state index in [0.717, 1.165) is 0 Å². The molecule has 0 amide bonds. The van der Waals surface area contributed by atoms with Crippen molar-refractivity contribution in [3.05, 3.63) is 11.1 Å². The smallest absolute Gasteiger partial charge is 0.0651 e. The van der Waals surface area contributed by atoms with E-state index in [1.165, 1.54) is 0 Å². The van der Waals surface area contributed by atoms with Gasteiger partial charge in [0.1, 0.15) is 0 Å². The molecule has 0 fully saturated rings. The number of methoxy groups -OCH3 is 1. The summed E-state index contributed by atoms with van der Waals surface area (Å²) in [6, 6.07) is 0. The molecule has 0 saturated heterocycles. The van der Waals surface area contributed by atoms with Gasteiger partial charge in [0.2, 0.25) is 0 Å². The Labute approximate surface area is 46.1 Å². The average molecular weight is 151 g/mol. The number of hydrogen-bond acceptors (Lipinski definition) is 1. The summed E-state index contributed by atoms with van der Waals surface area (Å²) >= 11 is 3.09. The molecule has 0 N–H and O–H groups in total. The Morgan fingerprint density at radius 2 is 2.50 bits per heavy atom. The monoisotopic (exact) mass is 150 g/mol. The van der Waals surface area contributed by atoms with Crippen LogP contribution in [0.25, 0.3) is 0 Å². The van der Waals surface area contributed by atoms with Crippen LogP contribution in [0.3, 0.4) is 0 Å². The van der Waals surface area contributed by atoms with E-state index in [4.69, 9.17) is 0 Å². The van der Waals surface area contributed by atoms with E-state index in [0.29, 0.717) is 6.61 Å². The molecule has 36 valence electrons. The molecule has 0 aliphatic carbocycles. The van der Waals surface area contributed by atoms with Gasteiger partial charge in [0.05, 0.1) is 6.61 Å². The molecule has 0 radical (unpaired) electrons. The van der Waals surface area contributed by atoms with Crippen LogP contribution in [0, 0.1) is 0 Å². The summed E-state index contributed by atoms with van der Waals surface area (Å²) in [7, 11) is 1.66. The van der Waals surface area contributed by atoms with Gasteiger partial charge in [-0.1, -0.05) is 22.0 Å². The fraction of sp³-hybridized carbons (Fsp3) is 0.500. The van der Waals surface area contributed by atoms with Gasteiger partial charge in [0.25, 0.3) is 0 Å². The van der Waals surface area contributed by atoms with E-state index < -0.39 is 0 Å². The normalized spacial score (nSPS) is 10.3. The summed E-state index contributed by atoms with van der Waals surface area (Å²) < 4.78 is 4.67. The Balaban J connectivity index is 2.66. The zero-order chi connectivity index (χ0) is 4.83.